The van der Waals surface area contributed by atoms with E-state index >= 15 is 0 Å². The van der Waals surface area contributed by atoms with Gasteiger partial charge in [0.05, 0.1) is 41.1 Å². The van der Waals surface area contributed by atoms with Crippen molar-refractivity contribution in [3.05, 3.63) is 82.5 Å². The Kier molecular flexibility index (Phi) is 8.14. The Morgan fingerprint density at radius 2 is 1.71 bits per heavy atom. The van der Waals surface area contributed by atoms with E-state index in [2.05, 4.69) is 110 Å². The number of rotatable bonds is 8. The molecule has 216 valence electrons. The summed E-state index contributed by atoms with van der Waals surface area (Å²) in [5, 5.41) is 5.93. The van der Waals surface area contributed by atoms with Crippen molar-refractivity contribution in [2.75, 3.05) is 26.7 Å². The summed E-state index contributed by atoms with van der Waals surface area (Å²) in [4.78, 5) is 15.6. The summed E-state index contributed by atoms with van der Waals surface area (Å²) in [5.74, 6) is 2.15. The predicted octanol–water partition coefficient (Wildman–Crippen LogP) is 4.79. The van der Waals surface area contributed by atoms with Crippen LogP contribution in [0.3, 0.4) is 0 Å². The number of likely N-dealkylation sites (N-methyl/N-ethyl adjacent to an activating group) is 1. The Hall–Kier alpha value is -3.22. The number of hydrogen-bond donors (Lipinski definition) is 2. The number of ether oxygens (including phenoxy) is 1. The van der Waals surface area contributed by atoms with Crippen LogP contribution in [0.15, 0.2) is 81.7 Å². The molecule has 0 aromatic carbocycles. The Morgan fingerprint density at radius 3 is 2.46 bits per heavy atom. The number of allylic oxidation sites excluding steroid dienone is 5. The zero-order chi connectivity index (χ0) is 28.4. The summed E-state index contributed by atoms with van der Waals surface area (Å²) in [6, 6.07) is 4.17. The highest BCUT2D eigenvalue weighted by molar-refractivity contribution is 6.20. The molecule has 1 fully saturated rings. The molecule has 6 nitrogen and oxygen atoms in total. The second kappa shape index (κ2) is 11.9. The smallest absolute Gasteiger partial charge is 0.0658 e. The molecule has 1 aromatic heterocycles. The molecule has 1 aromatic rings. The van der Waals surface area contributed by atoms with E-state index in [1.165, 1.54) is 19.3 Å². The standard InChI is InChI=1S/C35H45N5O/c1-24(2)33-12-5-25(3)19-34(33)41-18-17-40(4)16-15-35-14-13-31(39-35)22-30-9-8-27(37-30)20-26-6-7-28(36-26)21-29-10-11-32(23-35)38-29/h6-11,13,20-25,33-34,36,39H,5,12,14-19H2,1-4H3/t25-,33+,34-,35?/m1/s1. The monoisotopic (exact) mass is 551 g/mol. The Balaban J connectivity index is 1.15. The van der Waals surface area contributed by atoms with Gasteiger partial charge < -0.3 is 19.9 Å². The van der Waals surface area contributed by atoms with E-state index in [-0.39, 0.29) is 5.54 Å². The Bertz CT molecular complexity index is 1480. The summed E-state index contributed by atoms with van der Waals surface area (Å²) in [5.41, 5.74) is 4.82. The molecule has 2 N–H and O–H groups in total. The molecule has 0 amide bonds. The minimum absolute atomic E-state index is 0.195. The molecule has 5 heterocycles. The van der Waals surface area contributed by atoms with Crippen molar-refractivity contribution in [1.82, 2.24) is 15.2 Å². The van der Waals surface area contributed by atoms with Gasteiger partial charge in [0.2, 0.25) is 0 Å². The van der Waals surface area contributed by atoms with E-state index < -0.39 is 0 Å². The first-order chi connectivity index (χ1) is 19.8. The first-order valence-electron chi connectivity index (χ1n) is 15.5. The molecule has 8 bridgehead atoms. The number of aliphatic imine (C=N–C) groups is 2. The SMILES string of the molecule is CC(C)[C@@H]1CC[C@@H](C)C[C@H]1OCCN(C)CCC12C=C3C=CC(=N3)C=c3ccc([nH]3)=CC3=NC(=CC(=CC1)N2)C=C3. The molecule has 1 aliphatic carbocycles. The average molecular weight is 552 g/mol. The van der Waals surface area contributed by atoms with Crippen LogP contribution in [0.5, 0.6) is 0 Å². The number of nitrogens with zero attached hydrogens (tertiary/aromatic N) is 3. The number of fused-ring (bicyclic) bond motifs is 6. The molecule has 0 spiro atoms. The highest BCUT2D eigenvalue weighted by Gasteiger charge is 2.33. The van der Waals surface area contributed by atoms with Crippen LogP contribution in [0.4, 0.5) is 0 Å². The molecule has 5 aliphatic rings. The van der Waals surface area contributed by atoms with Crippen LogP contribution in [-0.4, -0.2) is 59.7 Å². The van der Waals surface area contributed by atoms with E-state index in [4.69, 9.17) is 14.7 Å². The number of nitrogens with one attached hydrogen (secondary N) is 2. The summed E-state index contributed by atoms with van der Waals surface area (Å²) in [6.07, 6.45) is 25.5. The van der Waals surface area contributed by atoms with E-state index in [1.54, 1.807) is 0 Å². The van der Waals surface area contributed by atoms with Gasteiger partial charge in [0, 0.05) is 29.5 Å². The highest BCUT2D eigenvalue weighted by atomic mass is 16.5. The van der Waals surface area contributed by atoms with Gasteiger partial charge in [-0.15, -0.1) is 0 Å². The summed E-state index contributed by atoms with van der Waals surface area (Å²) in [6.45, 7) is 9.80. The quantitative estimate of drug-likeness (QED) is 0.488. The molecule has 0 radical (unpaired) electrons. The van der Waals surface area contributed by atoms with E-state index in [0.29, 0.717) is 17.9 Å². The number of H-pyrrole nitrogens is 1. The van der Waals surface area contributed by atoms with Gasteiger partial charge in [-0.05, 0) is 111 Å². The summed E-state index contributed by atoms with van der Waals surface area (Å²) >= 11 is 0. The van der Waals surface area contributed by atoms with Gasteiger partial charge in [0.15, 0.2) is 0 Å². The van der Waals surface area contributed by atoms with Gasteiger partial charge in [-0.2, -0.15) is 0 Å². The lowest BCUT2D eigenvalue weighted by molar-refractivity contribution is -0.0431. The molecule has 0 saturated heterocycles. The number of aromatic amines is 1. The van der Waals surface area contributed by atoms with Gasteiger partial charge in [0.1, 0.15) is 0 Å². The third-order valence-corrected chi connectivity index (χ3v) is 9.22. The lowest BCUT2D eigenvalue weighted by atomic mass is 9.75. The van der Waals surface area contributed by atoms with E-state index in [9.17, 15) is 0 Å². The van der Waals surface area contributed by atoms with Crippen LogP contribution in [0.2, 0.25) is 0 Å². The van der Waals surface area contributed by atoms with Crippen LogP contribution < -0.4 is 16.0 Å². The number of hydrogen-bond acceptors (Lipinski definition) is 5. The highest BCUT2D eigenvalue weighted by Crippen LogP contribution is 2.35. The maximum absolute atomic E-state index is 6.52. The molecule has 6 heteroatoms. The van der Waals surface area contributed by atoms with Gasteiger partial charge in [0.25, 0.3) is 0 Å². The van der Waals surface area contributed by atoms with Gasteiger partial charge >= 0.3 is 0 Å². The molecule has 4 atom stereocenters. The first kappa shape index (κ1) is 27.9. The summed E-state index contributed by atoms with van der Waals surface area (Å²) < 4.78 is 6.52. The third-order valence-electron chi connectivity index (χ3n) is 9.22. The van der Waals surface area contributed by atoms with E-state index in [0.717, 1.165) is 77.7 Å². The maximum atomic E-state index is 6.52. The molecule has 6 rings (SSSR count). The topological polar surface area (TPSA) is 65.0 Å². The van der Waals surface area contributed by atoms with Crippen molar-refractivity contribution in [2.24, 2.45) is 27.7 Å². The van der Waals surface area contributed by atoms with Crippen LogP contribution in [-0.2, 0) is 4.74 Å². The van der Waals surface area contributed by atoms with Crippen LogP contribution >= 0.6 is 0 Å². The van der Waals surface area contributed by atoms with E-state index in [1.807, 2.05) is 0 Å². The largest absolute Gasteiger partial charge is 0.377 e. The van der Waals surface area contributed by atoms with Crippen LogP contribution in [0.1, 0.15) is 52.9 Å². The van der Waals surface area contributed by atoms with Gasteiger partial charge in [-0.1, -0.05) is 33.3 Å². The maximum Gasteiger partial charge on any atom is 0.0658 e. The Labute approximate surface area is 244 Å². The fraction of sp³-hybridized carbons (Fsp3) is 0.486. The molecule has 4 aliphatic heterocycles. The second-order valence-corrected chi connectivity index (χ2v) is 13.0. The first-order valence-corrected chi connectivity index (χ1v) is 15.5. The molecule has 41 heavy (non-hydrogen) atoms. The number of aromatic nitrogens is 1. The van der Waals surface area contributed by atoms with Crippen molar-refractivity contribution in [1.29, 1.82) is 0 Å². The van der Waals surface area contributed by atoms with Crippen molar-refractivity contribution in [2.45, 2.75) is 64.5 Å². The predicted molar refractivity (Wildman–Crippen MR) is 170 cm³/mol. The van der Waals surface area contributed by atoms with Crippen molar-refractivity contribution in [3.63, 3.8) is 0 Å². The lowest BCUT2D eigenvalue weighted by Gasteiger charge is -2.37. The average Bonchev–Trinajstić information content (AvgIpc) is 3.73. The Morgan fingerprint density at radius 1 is 0.976 bits per heavy atom. The van der Waals surface area contributed by atoms with Crippen molar-refractivity contribution >= 4 is 23.6 Å². The fourth-order valence-corrected chi connectivity index (χ4v) is 6.75. The molecule has 1 unspecified atom stereocenters. The summed E-state index contributed by atoms with van der Waals surface area (Å²) in [7, 11) is 2.22. The fourth-order valence-electron chi connectivity index (χ4n) is 6.75. The normalized spacial score (nSPS) is 28.5. The third kappa shape index (κ3) is 6.82. The molecule has 1 saturated carbocycles. The van der Waals surface area contributed by atoms with Gasteiger partial charge in [-0.3, -0.25) is 0 Å². The zero-order valence-electron chi connectivity index (χ0n) is 25.1. The van der Waals surface area contributed by atoms with Crippen LogP contribution in [0.25, 0.3) is 12.2 Å². The van der Waals surface area contributed by atoms with Gasteiger partial charge in [-0.25, -0.2) is 9.98 Å². The van der Waals surface area contributed by atoms with Crippen LogP contribution in [0, 0.1) is 17.8 Å². The molecular weight excluding hydrogens is 506 g/mol. The lowest BCUT2D eigenvalue weighted by Crippen LogP contribution is -2.42. The minimum atomic E-state index is -0.195. The van der Waals surface area contributed by atoms with Crippen molar-refractivity contribution in [3.8, 4) is 0 Å². The second-order valence-electron chi connectivity index (χ2n) is 13.0. The molecular formula is C35H45N5O. The van der Waals surface area contributed by atoms with Crippen molar-refractivity contribution < 1.29 is 4.74 Å². The minimum Gasteiger partial charge on any atom is -0.377 e. The zero-order valence-corrected chi connectivity index (χ0v) is 25.1.